The number of fused-ring (bicyclic) bond motifs is 1. The Bertz CT molecular complexity index is 1300. The summed E-state index contributed by atoms with van der Waals surface area (Å²) >= 11 is 0. The SMILES string of the molecule is CC1(C)[C@@H]2CC[C@]13CS(=O)(=O)N(C(=O)[C@@H](CC=C1CC1)N=C(c1ccccc1)c1ccccc1)[C@H]3C2. The van der Waals surface area contributed by atoms with E-state index in [0.717, 1.165) is 48.9 Å². The van der Waals surface area contributed by atoms with E-state index in [2.05, 4.69) is 19.9 Å². The Labute approximate surface area is 214 Å². The van der Waals surface area contributed by atoms with Crippen molar-refractivity contribution in [3.05, 3.63) is 83.4 Å². The molecule has 0 aromatic heterocycles. The first-order chi connectivity index (χ1) is 17.2. The van der Waals surface area contributed by atoms with E-state index in [1.807, 2.05) is 60.7 Å². The third-order valence-corrected chi connectivity index (χ3v) is 11.4. The number of amides is 1. The van der Waals surface area contributed by atoms with E-state index in [0.29, 0.717) is 12.3 Å². The van der Waals surface area contributed by atoms with E-state index in [4.69, 9.17) is 4.99 Å². The topological polar surface area (TPSA) is 66.8 Å². The van der Waals surface area contributed by atoms with Gasteiger partial charge in [0.25, 0.3) is 5.91 Å². The van der Waals surface area contributed by atoms with Crippen molar-refractivity contribution in [2.24, 2.45) is 21.7 Å². The second-order valence-corrected chi connectivity index (χ2v) is 13.4. The van der Waals surface area contributed by atoms with Crippen LogP contribution in [0.3, 0.4) is 0 Å². The third-order valence-electron chi connectivity index (χ3n) is 9.46. The maximum absolute atomic E-state index is 14.2. The molecule has 4 aliphatic rings. The van der Waals surface area contributed by atoms with Gasteiger partial charge in [-0.1, -0.05) is 86.2 Å². The number of allylic oxidation sites excluding steroid dienone is 1. The van der Waals surface area contributed by atoms with Crippen molar-refractivity contribution in [2.75, 3.05) is 5.75 Å². The number of hydrogen-bond donors (Lipinski definition) is 0. The highest BCUT2D eigenvalue weighted by atomic mass is 32.2. The van der Waals surface area contributed by atoms with Crippen LogP contribution in [0.4, 0.5) is 0 Å². The molecule has 1 saturated heterocycles. The molecule has 2 aromatic carbocycles. The fourth-order valence-corrected chi connectivity index (χ4v) is 9.72. The molecule has 1 heterocycles. The molecule has 36 heavy (non-hydrogen) atoms. The first-order valence-corrected chi connectivity index (χ1v) is 14.8. The Morgan fingerprint density at radius 1 is 1.06 bits per heavy atom. The van der Waals surface area contributed by atoms with Crippen molar-refractivity contribution in [3.63, 3.8) is 0 Å². The van der Waals surface area contributed by atoms with Crippen LogP contribution in [0.25, 0.3) is 0 Å². The standard InChI is InChI=1S/C30H34N2O3S/c1-29(2)24-17-18-30(29)20-36(34,35)32(26(30)19-24)28(33)25(16-15-21-13-14-21)31-27(22-9-5-3-6-10-22)23-11-7-4-8-12-23/h3-12,15,24-26H,13-14,16-20H2,1-2H3/t24-,25-,26+,30-/m1/s1. The molecule has 3 saturated carbocycles. The average Bonchev–Trinajstić information content (AvgIpc) is 3.58. The van der Waals surface area contributed by atoms with Crippen LogP contribution in [0, 0.1) is 16.7 Å². The number of carbonyl (C=O) groups is 1. The largest absolute Gasteiger partial charge is 0.271 e. The number of nitrogens with zero attached hydrogens (tertiary/aromatic N) is 2. The van der Waals surface area contributed by atoms with Crippen LogP contribution >= 0.6 is 0 Å². The highest BCUT2D eigenvalue weighted by molar-refractivity contribution is 7.90. The minimum Gasteiger partial charge on any atom is -0.271 e. The lowest BCUT2D eigenvalue weighted by Crippen LogP contribution is -2.47. The summed E-state index contributed by atoms with van der Waals surface area (Å²) in [5, 5.41) is 0. The molecule has 188 valence electrons. The maximum Gasteiger partial charge on any atom is 0.261 e. The van der Waals surface area contributed by atoms with Crippen LogP contribution in [-0.2, 0) is 14.8 Å². The summed E-state index contributed by atoms with van der Waals surface area (Å²) < 4.78 is 28.5. The Kier molecular flexibility index (Phi) is 5.52. The summed E-state index contributed by atoms with van der Waals surface area (Å²) in [6, 6.07) is 18.7. The Hall–Kier alpha value is -2.73. The van der Waals surface area contributed by atoms with Gasteiger partial charge in [0, 0.05) is 16.5 Å². The molecule has 5 nitrogen and oxygen atoms in total. The third kappa shape index (κ3) is 3.68. The quantitative estimate of drug-likeness (QED) is 0.394. The van der Waals surface area contributed by atoms with E-state index >= 15 is 0 Å². The van der Waals surface area contributed by atoms with Crippen molar-refractivity contribution < 1.29 is 13.2 Å². The summed E-state index contributed by atoms with van der Waals surface area (Å²) in [6.07, 6.45) is 7.35. The molecule has 1 spiro atoms. The minimum atomic E-state index is -3.70. The average molecular weight is 503 g/mol. The van der Waals surface area contributed by atoms with Crippen LogP contribution in [0.1, 0.15) is 63.5 Å². The molecule has 0 N–H and O–H groups in total. The predicted molar refractivity (Wildman–Crippen MR) is 142 cm³/mol. The number of rotatable bonds is 6. The monoisotopic (exact) mass is 502 g/mol. The zero-order valence-electron chi connectivity index (χ0n) is 21.1. The Morgan fingerprint density at radius 3 is 2.22 bits per heavy atom. The normalized spacial score (nSPS) is 29.5. The molecular formula is C30H34N2O3S. The Balaban J connectivity index is 1.43. The van der Waals surface area contributed by atoms with Gasteiger partial charge >= 0.3 is 0 Å². The highest BCUT2D eigenvalue weighted by Gasteiger charge is 2.72. The van der Waals surface area contributed by atoms with Gasteiger partial charge < -0.3 is 0 Å². The van der Waals surface area contributed by atoms with E-state index in [1.165, 1.54) is 9.88 Å². The van der Waals surface area contributed by atoms with Gasteiger partial charge in [-0.3, -0.25) is 9.79 Å². The van der Waals surface area contributed by atoms with Gasteiger partial charge in [-0.05, 0) is 49.9 Å². The zero-order chi connectivity index (χ0) is 25.1. The summed E-state index contributed by atoms with van der Waals surface area (Å²) in [5.41, 5.74) is 3.48. The molecule has 0 radical (unpaired) electrons. The van der Waals surface area contributed by atoms with Crippen molar-refractivity contribution in [3.8, 4) is 0 Å². The maximum atomic E-state index is 14.2. The number of aliphatic imine (C=N–C) groups is 1. The van der Waals surface area contributed by atoms with Crippen LogP contribution in [0.2, 0.25) is 0 Å². The van der Waals surface area contributed by atoms with Crippen LogP contribution in [0.5, 0.6) is 0 Å². The smallest absolute Gasteiger partial charge is 0.261 e. The van der Waals surface area contributed by atoms with Gasteiger partial charge in [0.05, 0.1) is 17.5 Å². The van der Waals surface area contributed by atoms with E-state index in [1.54, 1.807) is 0 Å². The molecule has 4 fully saturated rings. The molecule has 0 unspecified atom stereocenters. The molecule has 2 aromatic rings. The molecule has 2 bridgehead atoms. The first kappa shape index (κ1) is 23.7. The van der Waals surface area contributed by atoms with Gasteiger partial charge in [0.2, 0.25) is 10.0 Å². The second kappa shape index (κ2) is 8.41. The van der Waals surface area contributed by atoms with E-state index in [9.17, 15) is 13.2 Å². The lowest BCUT2D eigenvalue weighted by Gasteiger charge is -2.37. The molecule has 1 amide bonds. The summed E-state index contributed by atoms with van der Waals surface area (Å²) in [6.45, 7) is 4.43. The van der Waals surface area contributed by atoms with Crippen LogP contribution < -0.4 is 0 Å². The fraction of sp³-hybridized carbons (Fsp3) is 0.467. The zero-order valence-corrected chi connectivity index (χ0v) is 21.9. The van der Waals surface area contributed by atoms with Crippen molar-refractivity contribution >= 4 is 21.6 Å². The van der Waals surface area contributed by atoms with Crippen LogP contribution in [-0.4, -0.2) is 42.2 Å². The minimum absolute atomic E-state index is 0.0756. The molecule has 1 aliphatic heterocycles. The van der Waals surface area contributed by atoms with Gasteiger partial charge in [0.15, 0.2) is 0 Å². The lowest BCUT2D eigenvalue weighted by atomic mass is 9.69. The molecule has 4 atom stereocenters. The summed E-state index contributed by atoms with van der Waals surface area (Å²) in [4.78, 5) is 19.3. The molecule has 6 heteroatoms. The van der Waals surface area contributed by atoms with Crippen molar-refractivity contribution in [2.45, 2.75) is 64.5 Å². The van der Waals surface area contributed by atoms with Crippen LogP contribution in [0.15, 0.2) is 77.3 Å². The first-order valence-electron chi connectivity index (χ1n) is 13.2. The molecular weight excluding hydrogens is 468 g/mol. The molecule has 3 aliphatic carbocycles. The molecule has 6 rings (SSSR count). The summed E-state index contributed by atoms with van der Waals surface area (Å²) in [7, 11) is -3.70. The van der Waals surface area contributed by atoms with Gasteiger partial charge in [-0.25, -0.2) is 12.7 Å². The predicted octanol–water partition coefficient (Wildman–Crippen LogP) is 5.37. The van der Waals surface area contributed by atoms with Crippen molar-refractivity contribution in [1.29, 1.82) is 0 Å². The Morgan fingerprint density at radius 2 is 1.67 bits per heavy atom. The number of benzene rings is 2. The second-order valence-electron chi connectivity index (χ2n) is 11.6. The number of hydrogen-bond acceptors (Lipinski definition) is 4. The van der Waals surface area contributed by atoms with Crippen molar-refractivity contribution in [1.82, 2.24) is 4.31 Å². The van der Waals surface area contributed by atoms with Gasteiger partial charge in [-0.15, -0.1) is 0 Å². The lowest BCUT2D eigenvalue weighted by molar-refractivity contribution is -0.130. The van der Waals surface area contributed by atoms with E-state index < -0.39 is 16.1 Å². The van der Waals surface area contributed by atoms with E-state index in [-0.39, 0.29) is 28.5 Å². The number of sulfonamides is 1. The number of carbonyl (C=O) groups excluding carboxylic acids is 1. The van der Waals surface area contributed by atoms with Gasteiger partial charge in [0.1, 0.15) is 6.04 Å². The van der Waals surface area contributed by atoms with Gasteiger partial charge in [-0.2, -0.15) is 0 Å². The fourth-order valence-electron chi connectivity index (χ4n) is 7.15. The highest BCUT2D eigenvalue weighted by Crippen LogP contribution is 2.70. The summed E-state index contributed by atoms with van der Waals surface area (Å²) in [5.74, 6) is 0.192.